The minimum Gasteiger partial charge on any atom is -0.466 e. The fourth-order valence-corrected chi connectivity index (χ4v) is 11.9. The number of aliphatic hydroxyl groups is 2. The summed E-state index contributed by atoms with van der Waals surface area (Å²) in [6.45, 7) is 5.01. The average Bonchev–Trinajstić information content (AvgIpc) is 3.44. The van der Waals surface area contributed by atoms with Gasteiger partial charge in [0.25, 0.3) is 0 Å². The summed E-state index contributed by atoms with van der Waals surface area (Å²) in [7, 11) is 0. The van der Waals surface area contributed by atoms with Gasteiger partial charge in [0.1, 0.15) is 0 Å². The van der Waals surface area contributed by atoms with Gasteiger partial charge in [-0.1, -0.05) is 386 Å². The Morgan fingerprint density at radius 2 is 0.526 bits per heavy atom. The van der Waals surface area contributed by atoms with Crippen LogP contribution in [0, 0.1) is 0 Å². The van der Waals surface area contributed by atoms with Gasteiger partial charge in [0.05, 0.1) is 25.4 Å². The molecule has 0 aliphatic carbocycles. The molecule has 0 bridgehead atoms. The van der Waals surface area contributed by atoms with E-state index in [0.717, 1.165) is 38.5 Å². The highest BCUT2D eigenvalue weighted by atomic mass is 16.5. The zero-order valence-corrected chi connectivity index (χ0v) is 53.4. The molecule has 0 fully saturated rings. The van der Waals surface area contributed by atoms with Crippen LogP contribution in [0.1, 0.15) is 425 Å². The quantitative estimate of drug-likeness (QED) is 0.0417. The summed E-state index contributed by atoms with van der Waals surface area (Å²) in [6.07, 6.45) is 83.0. The van der Waals surface area contributed by atoms with Crippen LogP contribution in [0.4, 0.5) is 0 Å². The number of amides is 1. The lowest BCUT2D eigenvalue weighted by Gasteiger charge is -2.22. The largest absolute Gasteiger partial charge is 0.466 e. The van der Waals surface area contributed by atoms with Crippen LogP contribution >= 0.6 is 0 Å². The third-order valence-corrected chi connectivity index (χ3v) is 17.4. The molecule has 0 radical (unpaired) electrons. The van der Waals surface area contributed by atoms with Crippen molar-refractivity contribution in [1.82, 2.24) is 5.32 Å². The molecule has 0 saturated heterocycles. The Bertz CT molecular complexity index is 1130. The predicted octanol–water partition coefficient (Wildman–Crippen LogP) is 23.4. The molecule has 1 amide bonds. The van der Waals surface area contributed by atoms with Crippen LogP contribution in [0.3, 0.4) is 0 Å². The fraction of sp³-hybridized carbons (Fsp3) is 0.972. The second kappa shape index (κ2) is 68.4. The first-order valence-corrected chi connectivity index (χ1v) is 36.3. The highest BCUT2D eigenvalue weighted by Gasteiger charge is 2.20. The smallest absolute Gasteiger partial charge is 0.305 e. The molecule has 0 aliphatic heterocycles. The first-order valence-electron chi connectivity index (χ1n) is 36.3. The first kappa shape index (κ1) is 76.9. The molecular formula is C72H143NO5. The Hall–Kier alpha value is -1.14. The monoisotopic (exact) mass is 1100 g/mol. The van der Waals surface area contributed by atoms with E-state index in [1.807, 2.05) is 0 Å². The zero-order chi connectivity index (χ0) is 56.4. The van der Waals surface area contributed by atoms with Gasteiger partial charge in [-0.25, -0.2) is 0 Å². The zero-order valence-electron chi connectivity index (χ0n) is 53.4. The van der Waals surface area contributed by atoms with Crippen molar-refractivity contribution in [3.8, 4) is 0 Å². The maximum Gasteiger partial charge on any atom is 0.305 e. The second-order valence-corrected chi connectivity index (χ2v) is 25.3. The van der Waals surface area contributed by atoms with Crippen molar-refractivity contribution in [2.45, 2.75) is 437 Å². The number of rotatable bonds is 69. The molecule has 3 N–H and O–H groups in total. The van der Waals surface area contributed by atoms with Gasteiger partial charge in [0.15, 0.2) is 0 Å². The summed E-state index contributed by atoms with van der Waals surface area (Å²) >= 11 is 0. The number of aliphatic hydroxyl groups excluding tert-OH is 2. The molecular weight excluding hydrogens is 959 g/mol. The van der Waals surface area contributed by atoms with E-state index in [0.29, 0.717) is 25.9 Å². The van der Waals surface area contributed by atoms with E-state index in [2.05, 4.69) is 19.2 Å². The Morgan fingerprint density at radius 3 is 0.782 bits per heavy atom. The molecule has 0 aliphatic rings. The van der Waals surface area contributed by atoms with Crippen LogP contribution in [-0.2, 0) is 14.3 Å². The van der Waals surface area contributed by atoms with Gasteiger partial charge >= 0.3 is 5.97 Å². The van der Waals surface area contributed by atoms with E-state index < -0.39 is 12.1 Å². The van der Waals surface area contributed by atoms with Gasteiger partial charge in [-0.15, -0.1) is 0 Å². The number of hydrogen-bond acceptors (Lipinski definition) is 5. The first-order chi connectivity index (χ1) is 38.5. The van der Waals surface area contributed by atoms with Crippen LogP contribution in [-0.4, -0.2) is 47.4 Å². The summed E-state index contributed by atoms with van der Waals surface area (Å²) in [5, 5.41) is 23.4. The van der Waals surface area contributed by atoms with Crippen LogP contribution in [0.25, 0.3) is 0 Å². The topological polar surface area (TPSA) is 95.9 Å². The highest BCUT2D eigenvalue weighted by Crippen LogP contribution is 2.20. The molecule has 6 nitrogen and oxygen atoms in total. The number of esters is 1. The van der Waals surface area contributed by atoms with Crippen molar-refractivity contribution >= 4 is 11.9 Å². The third-order valence-electron chi connectivity index (χ3n) is 17.4. The Morgan fingerprint density at radius 1 is 0.308 bits per heavy atom. The van der Waals surface area contributed by atoms with E-state index in [1.54, 1.807) is 0 Å². The molecule has 0 aromatic rings. The van der Waals surface area contributed by atoms with E-state index in [4.69, 9.17) is 4.74 Å². The number of hydrogen-bond donors (Lipinski definition) is 3. The molecule has 0 heterocycles. The van der Waals surface area contributed by atoms with Crippen LogP contribution < -0.4 is 5.32 Å². The minimum atomic E-state index is -0.664. The van der Waals surface area contributed by atoms with Crippen molar-refractivity contribution in [2.75, 3.05) is 13.2 Å². The van der Waals surface area contributed by atoms with E-state index in [-0.39, 0.29) is 18.5 Å². The van der Waals surface area contributed by atoms with Gasteiger partial charge in [-0.05, 0) is 25.7 Å². The summed E-state index contributed by atoms with van der Waals surface area (Å²) in [6, 6.07) is -0.541. The molecule has 2 atom stereocenters. The number of nitrogens with one attached hydrogen (secondary N) is 1. The van der Waals surface area contributed by atoms with Gasteiger partial charge in [0.2, 0.25) is 5.91 Å². The molecule has 2 unspecified atom stereocenters. The van der Waals surface area contributed by atoms with E-state index in [9.17, 15) is 19.8 Å². The van der Waals surface area contributed by atoms with Crippen molar-refractivity contribution in [2.24, 2.45) is 0 Å². The number of carbonyl (C=O) groups is 2. The lowest BCUT2D eigenvalue weighted by molar-refractivity contribution is -0.143. The molecule has 0 spiro atoms. The third kappa shape index (κ3) is 64.0. The molecule has 0 saturated carbocycles. The summed E-state index contributed by atoms with van der Waals surface area (Å²) in [4.78, 5) is 24.7. The average molecular weight is 1100 g/mol. The Labute approximate surface area is 489 Å². The number of unbranched alkanes of at least 4 members (excludes halogenated alkanes) is 58. The molecule has 466 valence electrons. The fourth-order valence-electron chi connectivity index (χ4n) is 11.9. The second-order valence-electron chi connectivity index (χ2n) is 25.3. The van der Waals surface area contributed by atoms with E-state index in [1.165, 1.54) is 353 Å². The lowest BCUT2D eigenvalue weighted by atomic mass is 10.0. The summed E-state index contributed by atoms with van der Waals surface area (Å²) in [5.74, 6) is -0.00837. The molecule has 0 rings (SSSR count). The van der Waals surface area contributed by atoms with Crippen LogP contribution in [0.2, 0.25) is 0 Å². The van der Waals surface area contributed by atoms with Crippen molar-refractivity contribution < 1.29 is 24.5 Å². The van der Waals surface area contributed by atoms with Gasteiger partial charge in [0, 0.05) is 12.8 Å². The van der Waals surface area contributed by atoms with Gasteiger partial charge < -0.3 is 20.3 Å². The van der Waals surface area contributed by atoms with Crippen molar-refractivity contribution in [1.29, 1.82) is 0 Å². The maximum absolute atomic E-state index is 12.5. The Kier molecular flexibility index (Phi) is 67.4. The maximum atomic E-state index is 12.5. The number of ether oxygens (including phenoxy) is 1. The van der Waals surface area contributed by atoms with E-state index >= 15 is 0 Å². The molecule has 6 heteroatoms. The van der Waals surface area contributed by atoms with Crippen LogP contribution in [0.5, 0.6) is 0 Å². The molecule has 0 aromatic carbocycles. The minimum absolute atomic E-state index is 0.0208. The van der Waals surface area contributed by atoms with Crippen LogP contribution in [0.15, 0.2) is 0 Å². The summed E-state index contributed by atoms with van der Waals surface area (Å²) < 4.78 is 5.52. The lowest BCUT2D eigenvalue weighted by Crippen LogP contribution is -2.45. The SMILES string of the molecule is CCCCCCCCCCCCCCCCCCCCCC(=O)OCCCCCCCCCCCCCCCCCCCCCCCCCC(=O)NC(CO)C(O)CCCCCCCCCCCCCCCCCCCCC. The predicted molar refractivity (Wildman–Crippen MR) is 343 cm³/mol. The molecule has 78 heavy (non-hydrogen) atoms. The van der Waals surface area contributed by atoms with Gasteiger partial charge in [-0.3, -0.25) is 9.59 Å². The Balaban J connectivity index is 3.34. The molecule has 0 aromatic heterocycles. The highest BCUT2D eigenvalue weighted by molar-refractivity contribution is 5.76. The normalized spacial score (nSPS) is 12.4. The van der Waals surface area contributed by atoms with Crippen molar-refractivity contribution in [3.63, 3.8) is 0 Å². The standard InChI is InChI=1S/C72H143NO5/c1-3-5-7-9-11-13-15-17-19-21-28-32-36-40-44-48-52-56-60-64-70(75)69(68-74)73-71(76)65-61-57-53-49-45-41-37-33-30-26-24-23-25-27-31-35-39-43-47-51-55-59-63-67-78-72(77)66-62-58-54-50-46-42-38-34-29-22-20-18-16-14-12-10-8-6-4-2/h69-70,74-75H,3-68H2,1-2H3,(H,73,76). The van der Waals surface area contributed by atoms with Gasteiger partial charge in [-0.2, -0.15) is 0 Å². The summed E-state index contributed by atoms with van der Waals surface area (Å²) in [5.41, 5.74) is 0. The van der Waals surface area contributed by atoms with Crippen molar-refractivity contribution in [3.05, 3.63) is 0 Å². The number of carbonyl (C=O) groups excluding carboxylic acids is 2.